The number of halogens is 3. The lowest BCUT2D eigenvalue weighted by Crippen LogP contribution is -2.44. The molecule has 9 heteroatoms. The number of carboxylic acids is 1. The van der Waals surface area contributed by atoms with E-state index in [1.165, 1.54) is 4.90 Å². The van der Waals surface area contributed by atoms with Gasteiger partial charge in [0.2, 0.25) is 0 Å². The van der Waals surface area contributed by atoms with Gasteiger partial charge >= 0.3 is 6.18 Å². The van der Waals surface area contributed by atoms with Crippen molar-refractivity contribution in [3.63, 3.8) is 0 Å². The summed E-state index contributed by atoms with van der Waals surface area (Å²) >= 11 is 0. The molecule has 0 aliphatic carbocycles. The molecular weight excluding hydrogens is 305 g/mol. The lowest BCUT2D eigenvalue weighted by Gasteiger charge is -2.34. The Bertz CT molecular complexity index is 603. The van der Waals surface area contributed by atoms with Crippen LogP contribution in [-0.4, -0.2) is 24.0 Å². The predicted molar refractivity (Wildman–Crippen MR) is 68.0 cm³/mol. The molecule has 0 aromatic heterocycles. The van der Waals surface area contributed by atoms with Crippen molar-refractivity contribution in [2.24, 2.45) is 5.92 Å². The Balaban J connectivity index is 2.38. The summed E-state index contributed by atoms with van der Waals surface area (Å²) in [5.41, 5.74) is -1.81. The fourth-order valence-electron chi connectivity index (χ4n) is 2.50. The van der Waals surface area contributed by atoms with E-state index in [0.717, 1.165) is 12.1 Å². The van der Waals surface area contributed by atoms with Gasteiger partial charge in [-0.1, -0.05) is 0 Å². The van der Waals surface area contributed by atoms with Gasteiger partial charge in [0, 0.05) is 31.0 Å². The quantitative estimate of drug-likeness (QED) is 0.624. The molecule has 6 nitrogen and oxygen atoms in total. The molecule has 1 atom stereocenters. The minimum absolute atomic E-state index is 0.0102. The van der Waals surface area contributed by atoms with Crippen LogP contribution in [-0.2, 0) is 11.0 Å². The van der Waals surface area contributed by atoms with Gasteiger partial charge in [-0.3, -0.25) is 10.1 Å². The third kappa shape index (κ3) is 3.29. The van der Waals surface area contributed by atoms with Crippen LogP contribution in [0.1, 0.15) is 18.4 Å². The molecule has 1 aromatic carbocycles. The van der Waals surface area contributed by atoms with Crippen LogP contribution in [0.4, 0.5) is 24.5 Å². The monoisotopic (exact) mass is 317 g/mol. The van der Waals surface area contributed by atoms with E-state index in [4.69, 9.17) is 0 Å². The highest BCUT2D eigenvalue weighted by Gasteiger charge is 2.34. The van der Waals surface area contributed by atoms with E-state index >= 15 is 0 Å². The van der Waals surface area contributed by atoms with Crippen molar-refractivity contribution in [1.82, 2.24) is 0 Å². The maximum atomic E-state index is 12.7. The molecule has 1 heterocycles. The molecule has 0 spiro atoms. The number of benzene rings is 1. The van der Waals surface area contributed by atoms with Crippen molar-refractivity contribution in [3.8, 4) is 0 Å². The van der Waals surface area contributed by atoms with Crippen LogP contribution in [0.2, 0.25) is 0 Å². The minimum atomic E-state index is -4.68. The zero-order valence-electron chi connectivity index (χ0n) is 11.3. The molecule has 0 unspecified atom stereocenters. The lowest BCUT2D eigenvalue weighted by molar-refractivity contribution is -0.384. The first-order valence-corrected chi connectivity index (χ1v) is 6.51. The second-order valence-electron chi connectivity index (χ2n) is 5.06. The summed E-state index contributed by atoms with van der Waals surface area (Å²) < 4.78 is 38.0. The van der Waals surface area contributed by atoms with Crippen molar-refractivity contribution >= 4 is 17.3 Å². The van der Waals surface area contributed by atoms with Crippen LogP contribution < -0.4 is 10.0 Å². The van der Waals surface area contributed by atoms with Crippen molar-refractivity contribution in [2.45, 2.75) is 19.0 Å². The Labute approximate surface area is 123 Å². The van der Waals surface area contributed by atoms with Crippen LogP contribution in [0, 0.1) is 16.0 Å². The zero-order valence-corrected chi connectivity index (χ0v) is 11.3. The smallest absolute Gasteiger partial charge is 0.416 e. The number of nitro benzene ring substituents is 1. The van der Waals surface area contributed by atoms with E-state index in [9.17, 15) is 33.2 Å². The predicted octanol–water partition coefficient (Wildman–Crippen LogP) is 1.58. The Morgan fingerprint density at radius 2 is 2.05 bits per heavy atom. The van der Waals surface area contributed by atoms with Crippen LogP contribution in [0.3, 0.4) is 0 Å². The summed E-state index contributed by atoms with van der Waals surface area (Å²) in [5.74, 6) is -2.06. The van der Waals surface area contributed by atoms with Gasteiger partial charge in [-0.2, -0.15) is 13.2 Å². The number of alkyl halides is 3. The van der Waals surface area contributed by atoms with E-state index in [0.29, 0.717) is 25.5 Å². The first-order valence-electron chi connectivity index (χ1n) is 6.51. The van der Waals surface area contributed by atoms with Gasteiger partial charge < -0.3 is 14.8 Å². The van der Waals surface area contributed by atoms with E-state index < -0.39 is 34.2 Å². The second kappa shape index (κ2) is 5.82. The number of carboxylic acid groups (broad SMARTS) is 1. The molecule has 0 bridgehead atoms. The van der Waals surface area contributed by atoms with E-state index in [-0.39, 0.29) is 12.2 Å². The summed E-state index contributed by atoms with van der Waals surface area (Å²) in [7, 11) is 0. The number of hydrogen-bond acceptors (Lipinski definition) is 5. The Kier molecular flexibility index (Phi) is 4.25. The highest BCUT2D eigenvalue weighted by Crippen LogP contribution is 2.37. The molecule has 0 radical (unpaired) electrons. The molecule has 22 heavy (non-hydrogen) atoms. The van der Waals surface area contributed by atoms with Gasteiger partial charge in [0.1, 0.15) is 5.69 Å². The van der Waals surface area contributed by atoms with Gasteiger partial charge in [-0.25, -0.2) is 0 Å². The van der Waals surface area contributed by atoms with Gasteiger partial charge in [-0.15, -0.1) is 0 Å². The maximum Gasteiger partial charge on any atom is 0.416 e. The fraction of sp³-hybridized carbons (Fsp3) is 0.462. The average molecular weight is 317 g/mol. The first kappa shape index (κ1) is 16.1. The third-order valence-electron chi connectivity index (χ3n) is 3.59. The number of carbonyl (C=O) groups excluding carboxylic acids is 1. The van der Waals surface area contributed by atoms with E-state index in [2.05, 4.69) is 0 Å². The largest absolute Gasteiger partial charge is 0.550 e. The number of rotatable bonds is 3. The summed E-state index contributed by atoms with van der Waals surface area (Å²) in [6.45, 7) is 0.324. The number of anilines is 1. The van der Waals surface area contributed by atoms with Crippen LogP contribution in [0.25, 0.3) is 0 Å². The molecule has 0 amide bonds. The highest BCUT2D eigenvalue weighted by molar-refractivity contribution is 5.71. The Morgan fingerprint density at radius 3 is 2.59 bits per heavy atom. The van der Waals surface area contributed by atoms with Crippen molar-refractivity contribution < 1.29 is 28.0 Å². The number of carbonyl (C=O) groups is 1. The fourth-order valence-corrected chi connectivity index (χ4v) is 2.50. The standard InChI is InChI=1S/C13H13F3N2O4/c14-13(15,16)9-3-4-10(11(6-9)18(21)22)17-5-1-2-8(7-17)12(19)20/h3-4,6,8H,1-2,5,7H2,(H,19,20)/p-1/t8-/m0/s1. The van der Waals surface area contributed by atoms with E-state index in [1.807, 2.05) is 0 Å². The van der Waals surface area contributed by atoms with Crippen LogP contribution >= 0.6 is 0 Å². The number of aliphatic carboxylic acids is 1. The third-order valence-corrected chi connectivity index (χ3v) is 3.59. The number of hydrogen-bond donors (Lipinski definition) is 0. The normalized spacial score (nSPS) is 19.0. The Morgan fingerprint density at radius 1 is 1.36 bits per heavy atom. The van der Waals surface area contributed by atoms with Gasteiger partial charge in [0.05, 0.1) is 10.5 Å². The van der Waals surface area contributed by atoms with Crippen LogP contribution in [0.5, 0.6) is 0 Å². The summed E-state index contributed by atoms with van der Waals surface area (Å²) in [6.07, 6.45) is -3.83. The van der Waals surface area contributed by atoms with Gasteiger partial charge in [0.25, 0.3) is 5.69 Å². The molecule has 0 saturated carbocycles. The molecule has 1 saturated heterocycles. The van der Waals surface area contributed by atoms with Crippen molar-refractivity contribution in [2.75, 3.05) is 18.0 Å². The lowest BCUT2D eigenvalue weighted by atomic mass is 9.97. The molecule has 2 rings (SSSR count). The van der Waals surface area contributed by atoms with Crippen LogP contribution in [0.15, 0.2) is 18.2 Å². The molecular formula is C13H12F3N2O4-. The topological polar surface area (TPSA) is 86.5 Å². The number of nitro groups is 1. The highest BCUT2D eigenvalue weighted by atomic mass is 19.4. The average Bonchev–Trinajstić information content (AvgIpc) is 2.45. The molecule has 0 N–H and O–H groups in total. The maximum absolute atomic E-state index is 12.7. The van der Waals surface area contributed by atoms with E-state index in [1.54, 1.807) is 0 Å². The van der Waals surface area contributed by atoms with Crippen molar-refractivity contribution in [1.29, 1.82) is 0 Å². The minimum Gasteiger partial charge on any atom is -0.550 e. The van der Waals surface area contributed by atoms with Gasteiger partial charge in [0.15, 0.2) is 0 Å². The first-order chi connectivity index (χ1) is 10.2. The molecule has 1 aliphatic heterocycles. The summed E-state index contributed by atoms with van der Waals surface area (Å²) in [4.78, 5) is 22.5. The molecule has 1 aliphatic rings. The summed E-state index contributed by atoms with van der Waals surface area (Å²) in [6, 6.07) is 2.24. The molecule has 1 aromatic rings. The van der Waals surface area contributed by atoms with Crippen molar-refractivity contribution in [3.05, 3.63) is 33.9 Å². The van der Waals surface area contributed by atoms with Gasteiger partial charge in [-0.05, 0) is 25.0 Å². The Hall–Kier alpha value is -2.32. The molecule has 1 fully saturated rings. The molecule has 120 valence electrons. The number of nitrogens with zero attached hydrogens (tertiary/aromatic N) is 2. The SMILES string of the molecule is O=C([O-])[C@H]1CCCN(c2ccc(C(F)(F)F)cc2[N+](=O)[O-])C1. The zero-order chi connectivity index (χ0) is 16.5. The second-order valence-corrected chi connectivity index (χ2v) is 5.06. The number of piperidine rings is 1. The summed E-state index contributed by atoms with van der Waals surface area (Å²) in [5, 5.41) is 22.0.